The van der Waals surface area contributed by atoms with Crippen molar-refractivity contribution in [1.82, 2.24) is 30.7 Å². The van der Waals surface area contributed by atoms with Gasteiger partial charge in [0, 0.05) is 68.7 Å². The van der Waals surface area contributed by atoms with Gasteiger partial charge in [-0.3, -0.25) is 19.3 Å². The average Bonchev–Trinajstić information content (AvgIpc) is 3.38. The molecule has 2 fully saturated rings. The molecule has 2 atom stereocenters. The first-order valence-corrected chi connectivity index (χ1v) is 16.4. The van der Waals surface area contributed by atoms with Gasteiger partial charge in [0.05, 0.1) is 15.2 Å². The van der Waals surface area contributed by atoms with Gasteiger partial charge in [-0.15, -0.1) is 11.3 Å². The average molecular weight is 617 g/mol. The summed E-state index contributed by atoms with van der Waals surface area (Å²) in [6.07, 6.45) is 7.21. The van der Waals surface area contributed by atoms with Crippen molar-refractivity contribution < 1.29 is 14.4 Å². The smallest absolute Gasteiger partial charge is 0.247 e. The third-order valence-electron chi connectivity index (χ3n) is 8.28. The predicted octanol–water partition coefficient (Wildman–Crippen LogP) is 3.76. The Balaban J connectivity index is 1.41. The second-order valence-electron chi connectivity index (χ2n) is 11.7. The lowest BCUT2D eigenvalue weighted by Gasteiger charge is -2.32. The number of amides is 3. The SMILES string of the molecule is C=C(CN1CCN(C)CC1)C(=O)NC[C@H](CC1CCCCC1)NC(=O)[C@H](Cc1nc2ccc(Cl)cc2s1)NC(=O)CC. The van der Waals surface area contributed by atoms with Crippen LogP contribution in [0.2, 0.25) is 5.02 Å². The summed E-state index contributed by atoms with van der Waals surface area (Å²) in [5.74, 6) is -0.148. The molecule has 9 nitrogen and oxygen atoms in total. The summed E-state index contributed by atoms with van der Waals surface area (Å²) in [6.45, 7) is 10.4. The van der Waals surface area contributed by atoms with Crippen molar-refractivity contribution in [2.45, 2.75) is 70.4 Å². The molecule has 1 saturated carbocycles. The van der Waals surface area contributed by atoms with E-state index in [-0.39, 0.29) is 36.6 Å². The first-order chi connectivity index (χ1) is 20.2. The van der Waals surface area contributed by atoms with Gasteiger partial charge >= 0.3 is 0 Å². The van der Waals surface area contributed by atoms with Crippen molar-refractivity contribution in [3.63, 3.8) is 0 Å². The van der Waals surface area contributed by atoms with E-state index in [0.717, 1.165) is 60.7 Å². The number of likely N-dealkylation sites (N-methyl/N-ethyl adjacent to an activating group) is 1. The summed E-state index contributed by atoms with van der Waals surface area (Å²) in [5.41, 5.74) is 1.35. The fourth-order valence-corrected chi connectivity index (χ4v) is 7.01. The molecule has 1 aromatic carbocycles. The second-order valence-corrected chi connectivity index (χ2v) is 13.3. The van der Waals surface area contributed by atoms with Gasteiger partial charge in [0.15, 0.2) is 0 Å². The predicted molar refractivity (Wildman–Crippen MR) is 170 cm³/mol. The molecular weight excluding hydrogens is 572 g/mol. The molecule has 1 aromatic heterocycles. The van der Waals surface area contributed by atoms with E-state index in [0.29, 0.717) is 29.6 Å². The summed E-state index contributed by atoms with van der Waals surface area (Å²) in [7, 11) is 2.10. The summed E-state index contributed by atoms with van der Waals surface area (Å²) in [5, 5.41) is 10.5. The van der Waals surface area contributed by atoms with E-state index in [9.17, 15) is 14.4 Å². The molecule has 0 radical (unpaired) electrons. The summed E-state index contributed by atoms with van der Waals surface area (Å²) < 4.78 is 0.938. The molecule has 0 unspecified atom stereocenters. The molecule has 42 heavy (non-hydrogen) atoms. The minimum Gasteiger partial charge on any atom is -0.350 e. The zero-order valence-electron chi connectivity index (χ0n) is 24.9. The number of nitrogens with zero attached hydrogens (tertiary/aromatic N) is 3. The number of benzene rings is 1. The van der Waals surface area contributed by atoms with Crippen LogP contribution in [-0.4, -0.2) is 90.9 Å². The summed E-state index contributed by atoms with van der Waals surface area (Å²) in [4.78, 5) is 48.3. The first kappa shape index (κ1) is 32.4. The Bertz CT molecular complexity index is 1240. The molecule has 1 aliphatic carbocycles. The van der Waals surface area contributed by atoms with Gasteiger partial charge in [-0.05, 0) is 37.6 Å². The minimum atomic E-state index is -0.773. The summed E-state index contributed by atoms with van der Waals surface area (Å²) in [6, 6.07) is 4.48. The molecule has 11 heteroatoms. The first-order valence-electron chi connectivity index (χ1n) is 15.2. The number of carbonyl (C=O) groups is 3. The molecule has 2 aliphatic rings. The highest BCUT2D eigenvalue weighted by molar-refractivity contribution is 7.18. The van der Waals surface area contributed by atoms with Crippen molar-refractivity contribution in [1.29, 1.82) is 0 Å². The Morgan fingerprint density at radius 3 is 2.57 bits per heavy atom. The number of fused-ring (bicyclic) bond motifs is 1. The molecule has 0 spiro atoms. The van der Waals surface area contributed by atoms with E-state index in [4.69, 9.17) is 11.6 Å². The Morgan fingerprint density at radius 2 is 1.86 bits per heavy atom. The van der Waals surface area contributed by atoms with Gasteiger partial charge in [-0.1, -0.05) is 57.2 Å². The largest absolute Gasteiger partial charge is 0.350 e. The van der Waals surface area contributed by atoms with Crippen LogP contribution in [0, 0.1) is 5.92 Å². The van der Waals surface area contributed by atoms with Crippen LogP contribution in [0.4, 0.5) is 0 Å². The molecule has 3 amide bonds. The van der Waals surface area contributed by atoms with Crippen molar-refractivity contribution in [2.75, 3.05) is 46.3 Å². The topological polar surface area (TPSA) is 107 Å². The number of carbonyl (C=O) groups excluding carboxylic acids is 3. The maximum atomic E-state index is 13.7. The van der Waals surface area contributed by atoms with Gasteiger partial charge in [0.1, 0.15) is 6.04 Å². The van der Waals surface area contributed by atoms with Gasteiger partial charge in [0.2, 0.25) is 17.7 Å². The van der Waals surface area contributed by atoms with Crippen LogP contribution in [0.15, 0.2) is 30.4 Å². The number of piperazine rings is 1. The van der Waals surface area contributed by atoms with E-state index >= 15 is 0 Å². The van der Waals surface area contributed by atoms with Crippen molar-refractivity contribution in [2.24, 2.45) is 5.92 Å². The van der Waals surface area contributed by atoms with Crippen LogP contribution >= 0.6 is 22.9 Å². The quantitative estimate of drug-likeness (QED) is 0.296. The van der Waals surface area contributed by atoms with Crippen molar-refractivity contribution in [3.8, 4) is 0 Å². The molecule has 2 aromatic rings. The van der Waals surface area contributed by atoms with Crippen LogP contribution in [0.1, 0.15) is 56.9 Å². The molecule has 230 valence electrons. The molecule has 1 saturated heterocycles. The van der Waals surface area contributed by atoms with Gasteiger partial charge in [0.25, 0.3) is 0 Å². The van der Waals surface area contributed by atoms with Crippen molar-refractivity contribution in [3.05, 3.63) is 40.4 Å². The molecule has 4 rings (SSSR count). The zero-order valence-corrected chi connectivity index (χ0v) is 26.5. The molecular formula is C31H45ClN6O3S. The van der Waals surface area contributed by atoms with E-state index in [1.54, 1.807) is 13.0 Å². The highest BCUT2D eigenvalue weighted by atomic mass is 35.5. The Morgan fingerprint density at radius 1 is 1.12 bits per heavy atom. The van der Waals surface area contributed by atoms with E-state index in [2.05, 4.69) is 44.4 Å². The number of hydrogen-bond acceptors (Lipinski definition) is 7. The molecule has 1 aliphatic heterocycles. The normalized spacial score (nSPS) is 18.4. The van der Waals surface area contributed by atoms with Gasteiger partial charge in [-0.2, -0.15) is 0 Å². The monoisotopic (exact) mass is 616 g/mol. The molecule has 3 N–H and O–H groups in total. The minimum absolute atomic E-state index is 0.180. The number of rotatable bonds is 13. The lowest BCUT2D eigenvalue weighted by molar-refractivity contribution is -0.129. The Labute approximate surface area is 258 Å². The van der Waals surface area contributed by atoms with Crippen LogP contribution in [0.3, 0.4) is 0 Å². The Hall–Kier alpha value is -2.53. The van der Waals surface area contributed by atoms with E-state index < -0.39 is 6.04 Å². The third-order valence-corrected chi connectivity index (χ3v) is 9.55. The lowest BCUT2D eigenvalue weighted by atomic mass is 9.84. The number of hydrogen-bond donors (Lipinski definition) is 3. The fourth-order valence-electron chi connectivity index (χ4n) is 5.72. The highest BCUT2D eigenvalue weighted by Gasteiger charge is 2.27. The Kier molecular flexibility index (Phi) is 12.2. The fraction of sp³-hybridized carbons (Fsp3) is 0.613. The standard InChI is InChI=1S/C31H45ClN6O3S/c1-4-28(39)35-26(18-29-36-25-11-10-23(32)17-27(25)42-29)31(41)34-24(16-22-8-6-5-7-9-22)19-33-30(40)21(2)20-38-14-12-37(3)13-15-38/h10-11,17,22,24,26H,2,4-9,12-16,18-20H2,1,3H3,(H,33,40)(H,34,41)(H,35,39)/t24-,26-/m0/s1. The summed E-state index contributed by atoms with van der Waals surface area (Å²) >= 11 is 7.62. The third kappa shape index (κ3) is 9.76. The molecule has 2 heterocycles. The number of nitrogens with one attached hydrogen (secondary N) is 3. The highest BCUT2D eigenvalue weighted by Crippen LogP contribution is 2.28. The van der Waals surface area contributed by atoms with Gasteiger partial charge in [-0.25, -0.2) is 4.98 Å². The van der Waals surface area contributed by atoms with Crippen LogP contribution in [-0.2, 0) is 20.8 Å². The van der Waals surface area contributed by atoms with E-state index in [1.807, 2.05) is 12.1 Å². The van der Waals surface area contributed by atoms with Crippen LogP contribution in [0.25, 0.3) is 10.2 Å². The van der Waals surface area contributed by atoms with E-state index in [1.165, 1.54) is 30.6 Å². The molecule has 0 bridgehead atoms. The lowest BCUT2D eigenvalue weighted by Crippen LogP contribution is -2.53. The zero-order chi connectivity index (χ0) is 30.1. The van der Waals surface area contributed by atoms with Gasteiger partial charge < -0.3 is 20.9 Å². The number of halogens is 1. The maximum Gasteiger partial charge on any atom is 0.247 e. The second kappa shape index (κ2) is 15.8. The number of thiazole rings is 1. The maximum absolute atomic E-state index is 13.7. The number of aromatic nitrogens is 1. The van der Waals surface area contributed by atoms with Crippen LogP contribution in [0.5, 0.6) is 0 Å². The van der Waals surface area contributed by atoms with Crippen LogP contribution < -0.4 is 16.0 Å². The van der Waals surface area contributed by atoms with Crippen molar-refractivity contribution >= 4 is 50.9 Å².